The van der Waals surface area contributed by atoms with Crippen LogP contribution in [0.5, 0.6) is 5.75 Å². The van der Waals surface area contributed by atoms with Crippen molar-refractivity contribution < 1.29 is 9.50 Å². The number of aryl methyl sites for hydroxylation is 1. The quantitative estimate of drug-likeness (QED) is 0.832. The average molecular weight is 310 g/mol. The van der Waals surface area contributed by atoms with Crippen molar-refractivity contribution in [2.45, 2.75) is 13.5 Å². The van der Waals surface area contributed by atoms with Crippen molar-refractivity contribution in [1.82, 2.24) is 0 Å². The second-order valence-corrected chi connectivity index (χ2v) is 4.96. The van der Waals surface area contributed by atoms with Gasteiger partial charge in [-0.1, -0.05) is 6.07 Å². The third-order valence-corrected chi connectivity index (χ3v) is 3.32. The minimum atomic E-state index is -0.267. The van der Waals surface area contributed by atoms with E-state index in [9.17, 15) is 9.50 Å². The number of benzene rings is 2. The lowest BCUT2D eigenvalue weighted by Crippen LogP contribution is -2.01. The summed E-state index contributed by atoms with van der Waals surface area (Å²) in [4.78, 5) is 0. The molecule has 0 aliphatic heterocycles. The van der Waals surface area contributed by atoms with Gasteiger partial charge in [0.15, 0.2) is 0 Å². The second-order valence-electron chi connectivity index (χ2n) is 4.10. The van der Waals surface area contributed by atoms with Gasteiger partial charge in [0.05, 0.1) is 4.47 Å². The molecule has 2 nitrogen and oxygen atoms in total. The highest BCUT2D eigenvalue weighted by atomic mass is 79.9. The minimum Gasteiger partial charge on any atom is -0.508 e. The van der Waals surface area contributed by atoms with Gasteiger partial charge < -0.3 is 10.4 Å². The smallest absolute Gasteiger partial charge is 0.137 e. The Kier molecular flexibility index (Phi) is 3.87. The fourth-order valence-corrected chi connectivity index (χ4v) is 1.94. The molecule has 2 aromatic carbocycles. The molecule has 2 aromatic rings. The summed E-state index contributed by atoms with van der Waals surface area (Å²) in [6.45, 7) is 2.44. The van der Waals surface area contributed by atoms with Gasteiger partial charge in [0.2, 0.25) is 0 Å². The van der Waals surface area contributed by atoms with Crippen LogP contribution in [0.3, 0.4) is 0 Å². The van der Waals surface area contributed by atoms with Crippen LogP contribution < -0.4 is 5.32 Å². The molecule has 2 N–H and O–H groups in total. The van der Waals surface area contributed by atoms with Crippen molar-refractivity contribution in [3.8, 4) is 5.75 Å². The van der Waals surface area contributed by atoms with Crippen LogP contribution in [0.1, 0.15) is 11.1 Å². The van der Waals surface area contributed by atoms with Crippen LogP contribution in [-0.2, 0) is 6.54 Å². The predicted molar refractivity (Wildman–Crippen MR) is 74.3 cm³/mol. The van der Waals surface area contributed by atoms with E-state index in [1.807, 2.05) is 13.0 Å². The van der Waals surface area contributed by atoms with Crippen molar-refractivity contribution in [2.75, 3.05) is 5.32 Å². The zero-order valence-corrected chi connectivity index (χ0v) is 11.5. The van der Waals surface area contributed by atoms with E-state index >= 15 is 0 Å². The zero-order chi connectivity index (χ0) is 13.1. The van der Waals surface area contributed by atoms with E-state index in [4.69, 9.17) is 0 Å². The largest absolute Gasteiger partial charge is 0.508 e. The number of nitrogens with one attached hydrogen (secondary N) is 1. The van der Waals surface area contributed by atoms with Crippen molar-refractivity contribution >= 4 is 21.6 Å². The monoisotopic (exact) mass is 309 g/mol. The van der Waals surface area contributed by atoms with Gasteiger partial charge in [-0.3, -0.25) is 0 Å². The molecule has 0 bridgehead atoms. The SMILES string of the molecule is Cc1cc(O)ccc1NCc1ccc(Br)c(F)c1. The molecule has 2 rings (SSSR count). The molecule has 0 heterocycles. The van der Waals surface area contributed by atoms with Crippen molar-refractivity contribution in [1.29, 1.82) is 0 Å². The number of anilines is 1. The van der Waals surface area contributed by atoms with Gasteiger partial charge in [-0.15, -0.1) is 0 Å². The van der Waals surface area contributed by atoms with E-state index in [2.05, 4.69) is 21.2 Å². The molecule has 4 heteroatoms. The average Bonchev–Trinajstić information content (AvgIpc) is 2.32. The van der Waals surface area contributed by atoms with E-state index < -0.39 is 0 Å². The Morgan fingerprint density at radius 1 is 1.22 bits per heavy atom. The van der Waals surface area contributed by atoms with Crippen LogP contribution in [0, 0.1) is 12.7 Å². The maximum atomic E-state index is 13.3. The Morgan fingerprint density at radius 3 is 2.67 bits per heavy atom. The first-order valence-corrected chi connectivity index (χ1v) is 6.33. The number of rotatable bonds is 3. The first-order chi connectivity index (χ1) is 8.56. The Bertz CT molecular complexity index is 572. The summed E-state index contributed by atoms with van der Waals surface area (Å²) in [6.07, 6.45) is 0. The topological polar surface area (TPSA) is 32.3 Å². The lowest BCUT2D eigenvalue weighted by atomic mass is 10.1. The fourth-order valence-electron chi connectivity index (χ4n) is 1.69. The zero-order valence-electron chi connectivity index (χ0n) is 9.87. The molecule has 0 fully saturated rings. The lowest BCUT2D eigenvalue weighted by molar-refractivity contribution is 0.475. The number of aromatic hydroxyl groups is 1. The number of phenols is 1. The molecule has 0 aromatic heterocycles. The van der Waals surface area contributed by atoms with Gasteiger partial charge in [0.1, 0.15) is 11.6 Å². The highest BCUT2D eigenvalue weighted by Gasteiger charge is 2.02. The maximum Gasteiger partial charge on any atom is 0.137 e. The molecule has 0 aliphatic carbocycles. The lowest BCUT2D eigenvalue weighted by Gasteiger charge is -2.10. The molecule has 0 spiro atoms. The van der Waals surface area contributed by atoms with E-state index in [1.165, 1.54) is 6.07 Å². The highest BCUT2D eigenvalue weighted by Crippen LogP contribution is 2.21. The Morgan fingerprint density at radius 2 is 2.00 bits per heavy atom. The summed E-state index contributed by atoms with van der Waals surface area (Å²) in [5, 5.41) is 12.5. The number of phenolic OH excluding ortho intramolecular Hbond substituents is 1. The van der Waals surface area contributed by atoms with Crippen LogP contribution in [-0.4, -0.2) is 5.11 Å². The summed E-state index contributed by atoms with van der Waals surface area (Å²) in [7, 11) is 0. The molecule has 0 unspecified atom stereocenters. The van der Waals surface area contributed by atoms with Crippen molar-refractivity contribution in [3.05, 3.63) is 57.8 Å². The van der Waals surface area contributed by atoms with Crippen LogP contribution in [0.2, 0.25) is 0 Å². The number of hydrogen-bond acceptors (Lipinski definition) is 2. The van der Waals surface area contributed by atoms with Crippen LogP contribution in [0.25, 0.3) is 0 Å². The number of hydrogen-bond donors (Lipinski definition) is 2. The van der Waals surface area contributed by atoms with Gasteiger partial charge in [-0.05, 0) is 64.3 Å². The van der Waals surface area contributed by atoms with Gasteiger partial charge >= 0.3 is 0 Å². The Hall–Kier alpha value is -1.55. The van der Waals surface area contributed by atoms with Gasteiger partial charge in [0.25, 0.3) is 0 Å². The van der Waals surface area contributed by atoms with E-state index in [0.29, 0.717) is 11.0 Å². The standard InChI is InChI=1S/C14H13BrFNO/c1-9-6-11(18)3-5-14(9)17-8-10-2-4-12(15)13(16)7-10/h2-7,17-18H,8H2,1H3. The maximum absolute atomic E-state index is 13.3. The first-order valence-electron chi connectivity index (χ1n) is 5.53. The molecule has 0 amide bonds. The molecule has 0 saturated carbocycles. The van der Waals surface area contributed by atoms with Crippen molar-refractivity contribution in [3.63, 3.8) is 0 Å². The molecular formula is C14H13BrFNO. The van der Waals surface area contributed by atoms with Crippen LogP contribution in [0.4, 0.5) is 10.1 Å². The van der Waals surface area contributed by atoms with E-state index in [-0.39, 0.29) is 11.6 Å². The Labute approximate surface area is 114 Å². The van der Waals surface area contributed by atoms with Crippen LogP contribution >= 0.6 is 15.9 Å². The second kappa shape index (κ2) is 5.40. The predicted octanol–water partition coefficient (Wildman–Crippen LogP) is 4.21. The first kappa shape index (κ1) is 12.9. The van der Waals surface area contributed by atoms with Gasteiger partial charge in [-0.2, -0.15) is 0 Å². The molecule has 0 radical (unpaired) electrons. The fraction of sp³-hybridized carbons (Fsp3) is 0.143. The van der Waals surface area contributed by atoms with Crippen LogP contribution in [0.15, 0.2) is 40.9 Å². The molecule has 18 heavy (non-hydrogen) atoms. The molecule has 0 saturated heterocycles. The number of halogens is 2. The summed E-state index contributed by atoms with van der Waals surface area (Å²) < 4.78 is 13.8. The summed E-state index contributed by atoms with van der Waals surface area (Å²) in [5.41, 5.74) is 2.74. The third kappa shape index (κ3) is 3.01. The molecule has 0 atom stereocenters. The molecule has 0 aliphatic rings. The summed E-state index contributed by atoms with van der Waals surface area (Å²) >= 11 is 3.12. The van der Waals surface area contributed by atoms with E-state index in [1.54, 1.807) is 24.3 Å². The third-order valence-electron chi connectivity index (χ3n) is 2.68. The molecular weight excluding hydrogens is 297 g/mol. The van der Waals surface area contributed by atoms with Gasteiger partial charge in [0, 0.05) is 12.2 Å². The normalized spacial score (nSPS) is 10.4. The van der Waals surface area contributed by atoms with Crippen molar-refractivity contribution in [2.24, 2.45) is 0 Å². The highest BCUT2D eigenvalue weighted by molar-refractivity contribution is 9.10. The minimum absolute atomic E-state index is 0.243. The Balaban J connectivity index is 2.09. The molecule has 94 valence electrons. The van der Waals surface area contributed by atoms with E-state index in [0.717, 1.165) is 16.8 Å². The summed E-state index contributed by atoms with van der Waals surface area (Å²) in [5.74, 6) is -0.0236. The van der Waals surface area contributed by atoms with Gasteiger partial charge in [-0.25, -0.2) is 4.39 Å². The summed E-state index contributed by atoms with van der Waals surface area (Å²) in [6, 6.07) is 10.2.